The molecular weight excluding hydrogens is 404 g/mol. The van der Waals surface area contributed by atoms with Crippen LogP contribution in [0.15, 0.2) is 30.3 Å². The average Bonchev–Trinajstić information content (AvgIpc) is 3.51. The Labute approximate surface area is 189 Å². The van der Waals surface area contributed by atoms with Crippen LogP contribution < -0.4 is 10.2 Å². The number of amides is 2. The van der Waals surface area contributed by atoms with Crippen LogP contribution >= 0.6 is 0 Å². The Bertz CT molecular complexity index is 971. The first-order chi connectivity index (χ1) is 15.5. The van der Waals surface area contributed by atoms with Crippen molar-refractivity contribution in [2.24, 2.45) is 0 Å². The number of rotatable bonds is 6. The number of nitrogens with zero attached hydrogens (tertiary/aromatic N) is 5. The van der Waals surface area contributed by atoms with Crippen LogP contribution in [0.5, 0.6) is 0 Å². The molecule has 8 nitrogen and oxygen atoms in total. The van der Waals surface area contributed by atoms with E-state index in [1.54, 1.807) is 11.9 Å². The van der Waals surface area contributed by atoms with E-state index in [9.17, 15) is 9.59 Å². The van der Waals surface area contributed by atoms with Gasteiger partial charge in [-0.2, -0.15) is 0 Å². The van der Waals surface area contributed by atoms with Crippen molar-refractivity contribution in [3.63, 3.8) is 0 Å². The van der Waals surface area contributed by atoms with E-state index in [4.69, 9.17) is 4.98 Å². The van der Waals surface area contributed by atoms with Gasteiger partial charge in [0.2, 0.25) is 5.91 Å². The van der Waals surface area contributed by atoms with Gasteiger partial charge in [0.1, 0.15) is 5.82 Å². The topological polar surface area (TPSA) is 81.7 Å². The molecule has 0 unspecified atom stereocenters. The maximum absolute atomic E-state index is 13.4. The first-order valence-electron chi connectivity index (χ1n) is 11.4. The fourth-order valence-corrected chi connectivity index (χ4v) is 4.46. The minimum atomic E-state index is -0.171. The van der Waals surface area contributed by atoms with Gasteiger partial charge in [-0.3, -0.25) is 9.59 Å². The number of hydrogen-bond acceptors (Lipinski definition) is 6. The van der Waals surface area contributed by atoms with Crippen LogP contribution in [0.25, 0.3) is 0 Å². The highest BCUT2D eigenvalue weighted by atomic mass is 16.2. The van der Waals surface area contributed by atoms with E-state index < -0.39 is 0 Å². The molecule has 0 spiro atoms. The molecule has 2 fully saturated rings. The highest BCUT2D eigenvalue weighted by molar-refractivity contribution is 5.95. The molecule has 170 valence electrons. The molecule has 1 aromatic carbocycles. The molecule has 2 saturated heterocycles. The van der Waals surface area contributed by atoms with Crippen molar-refractivity contribution < 1.29 is 9.59 Å². The Balaban J connectivity index is 1.55. The minimum Gasteiger partial charge on any atom is -0.373 e. The molecular formula is C24H32N6O2. The van der Waals surface area contributed by atoms with Crippen molar-refractivity contribution in [2.45, 2.75) is 45.2 Å². The predicted molar refractivity (Wildman–Crippen MR) is 125 cm³/mol. The van der Waals surface area contributed by atoms with Crippen LogP contribution in [0, 0.1) is 0 Å². The molecule has 0 bridgehead atoms. The highest BCUT2D eigenvalue weighted by Gasteiger charge is 2.33. The zero-order chi connectivity index (χ0) is 22.7. The van der Waals surface area contributed by atoms with Crippen LogP contribution in [-0.2, 0) is 11.3 Å². The number of carbonyl (C=O) groups is 2. The lowest BCUT2D eigenvalue weighted by Gasteiger charge is -2.25. The average molecular weight is 437 g/mol. The van der Waals surface area contributed by atoms with Crippen molar-refractivity contribution in [3.05, 3.63) is 47.4 Å². The lowest BCUT2D eigenvalue weighted by atomic mass is 10.1. The Morgan fingerprint density at radius 1 is 1.09 bits per heavy atom. The molecule has 1 N–H and O–H groups in total. The highest BCUT2D eigenvalue weighted by Crippen LogP contribution is 2.32. The van der Waals surface area contributed by atoms with Crippen LogP contribution in [0.4, 0.5) is 11.5 Å². The Hall–Kier alpha value is -3.16. The third kappa shape index (κ3) is 4.69. The number of benzene rings is 1. The van der Waals surface area contributed by atoms with E-state index >= 15 is 0 Å². The SMILES string of the molecule is CNc1cc(CN(C)C(C)=O)nc([C@H]2CCCN2C(=O)c2ccc(N3CCCC3)cc2)n1. The summed E-state index contributed by atoms with van der Waals surface area (Å²) in [7, 11) is 3.56. The molecule has 3 heterocycles. The molecule has 0 aliphatic carbocycles. The van der Waals surface area contributed by atoms with Gasteiger partial charge >= 0.3 is 0 Å². The van der Waals surface area contributed by atoms with Gasteiger partial charge in [0.15, 0.2) is 5.82 Å². The standard InChI is InChI=1S/C24H32N6O2/c1-17(31)28(3)16-19-15-22(25-2)27-23(26-19)21-7-6-14-30(21)24(32)18-8-10-20(11-9-18)29-12-4-5-13-29/h8-11,15,21H,4-7,12-14,16H2,1-3H3,(H,25,26,27)/t21-/m1/s1. The van der Waals surface area contributed by atoms with E-state index in [2.05, 4.69) is 27.3 Å². The summed E-state index contributed by atoms with van der Waals surface area (Å²) >= 11 is 0. The summed E-state index contributed by atoms with van der Waals surface area (Å²) in [5, 5.41) is 3.08. The number of aromatic nitrogens is 2. The molecule has 8 heteroatoms. The lowest BCUT2D eigenvalue weighted by molar-refractivity contribution is -0.128. The second kappa shape index (κ2) is 9.54. The van der Waals surface area contributed by atoms with Gasteiger partial charge in [0.05, 0.1) is 18.3 Å². The summed E-state index contributed by atoms with van der Waals surface area (Å²) in [4.78, 5) is 40.3. The molecule has 2 aliphatic rings. The predicted octanol–water partition coefficient (Wildman–Crippen LogP) is 3.07. The molecule has 1 aromatic heterocycles. The molecule has 32 heavy (non-hydrogen) atoms. The van der Waals surface area contributed by atoms with E-state index in [1.165, 1.54) is 25.5 Å². The first-order valence-corrected chi connectivity index (χ1v) is 11.4. The van der Waals surface area contributed by atoms with Crippen LogP contribution in [-0.4, -0.2) is 65.3 Å². The summed E-state index contributed by atoms with van der Waals surface area (Å²) in [6.07, 6.45) is 4.20. The monoisotopic (exact) mass is 436 g/mol. The van der Waals surface area contributed by atoms with Crippen molar-refractivity contribution >= 4 is 23.3 Å². The Kier molecular flexibility index (Phi) is 6.58. The van der Waals surface area contributed by atoms with Crippen molar-refractivity contribution in [2.75, 3.05) is 43.9 Å². The molecule has 4 rings (SSSR count). The number of likely N-dealkylation sites (tertiary alicyclic amines) is 1. The van der Waals surface area contributed by atoms with Crippen LogP contribution in [0.1, 0.15) is 60.5 Å². The van der Waals surface area contributed by atoms with Crippen molar-refractivity contribution in [1.29, 1.82) is 0 Å². The molecule has 2 amide bonds. The molecule has 2 aromatic rings. The molecule has 0 saturated carbocycles. The minimum absolute atomic E-state index is 0.0151. The summed E-state index contributed by atoms with van der Waals surface area (Å²) in [6.45, 7) is 4.79. The third-order valence-corrected chi connectivity index (χ3v) is 6.39. The number of hydrogen-bond donors (Lipinski definition) is 1. The Morgan fingerprint density at radius 2 is 1.81 bits per heavy atom. The van der Waals surface area contributed by atoms with Gasteiger partial charge in [0, 0.05) is 58.0 Å². The van der Waals surface area contributed by atoms with Gasteiger partial charge in [-0.05, 0) is 49.9 Å². The number of anilines is 2. The smallest absolute Gasteiger partial charge is 0.254 e. The molecule has 1 atom stereocenters. The Morgan fingerprint density at radius 3 is 2.47 bits per heavy atom. The van der Waals surface area contributed by atoms with E-state index in [0.717, 1.165) is 31.6 Å². The summed E-state index contributed by atoms with van der Waals surface area (Å²) in [5.41, 5.74) is 2.63. The number of carbonyl (C=O) groups excluding carboxylic acids is 2. The van der Waals surface area contributed by atoms with Crippen LogP contribution in [0.3, 0.4) is 0 Å². The second-order valence-electron chi connectivity index (χ2n) is 8.63. The van der Waals surface area contributed by atoms with Gasteiger partial charge in [0.25, 0.3) is 5.91 Å². The maximum atomic E-state index is 13.4. The summed E-state index contributed by atoms with van der Waals surface area (Å²) in [5.74, 6) is 1.31. The quantitative estimate of drug-likeness (QED) is 0.750. The third-order valence-electron chi connectivity index (χ3n) is 6.39. The van der Waals surface area contributed by atoms with Crippen molar-refractivity contribution in [1.82, 2.24) is 19.8 Å². The van der Waals surface area contributed by atoms with Crippen molar-refractivity contribution in [3.8, 4) is 0 Å². The van der Waals surface area contributed by atoms with Gasteiger partial charge in [-0.15, -0.1) is 0 Å². The zero-order valence-corrected chi connectivity index (χ0v) is 19.2. The fourth-order valence-electron chi connectivity index (χ4n) is 4.46. The maximum Gasteiger partial charge on any atom is 0.254 e. The first kappa shape index (κ1) is 22.0. The molecule has 2 aliphatic heterocycles. The zero-order valence-electron chi connectivity index (χ0n) is 19.2. The number of nitrogens with one attached hydrogen (secondary N) is 1. The summed E-state index contributed by atoms with van der Waals surface area (Å²) < 4.78 is 0. The second-order valence-corrected chi connectivity index (χ2v) is 8.63. The molecule has 0 radical (unpaired) electrons. The van der Waals surface area contributed by atoms with Crippen LogP contribution in [0.2, 0.25) is 0 Å². The van der Waals surface area contributed by atoms with E-state index in [-0.39, 0.29) is 17.9 Å². The van der Waals surface area contributed by atoms with E-state index in [0.29, 0.717) is 30.3 Å². The van der Waals surface area contributed by atoms with Gasteiger partial charge in [-0.1, -0.05) is 0 Å². The largest absolute Gasteiger partial charge is 0.373 e. The summed E-state index contributed by atoms with van der Waals surface area (Å²) in [6, 6.07) is 9.65. The van der Waals surface area contributed by atoms with Gasteiger partial charge < -0.3 is 20.0 Å². The normalized spacial score (nSPS) is 18.2. The van der Waals surface area contributed by atoms with Gasteiger partial charge in [-0.25, -0.2) is 9.97 Å². The van der Waals surface area contributed by atoms with E-state index in [1.807, 2.05) is 30.1 Å². The fraction of sp³-hybridized carbons (Fsp3) is 0.500. The lowest BCUT2D eigenvalue weighted by Crippen LogP contribution is -2.32.